The number of nitrogens with zero attached hydrogens (tertiary/aromatic N) is 1. The minimum Gasteiger partial charge on any atom is -0.497 e. The SMILES string of the molecule is COc1cccc(-c2nc(COC3CCCC(CC=O)C3)c(C)o2)c1. The average Bonchev–Trinajstić information content (AvgIpc) is 3.01. The second kappa shape index (κ2) is 8.30. The fourth-order valence-electron chi connectivity index (χ4n) is 3.38. The molecule has 0 N–H and O–H groups in total. The van der Waals surface area contributed by atoms with Crippen LogP contribution in [0.4, 0.5) is 0 Å². The quantitative estimate of drug-likeness (QED) is 0.701. The van der Waals surface area contributed by atoms with Crippen LogP contribution in [0.1, 0.15) is 43.6 Å². The second-order valence-corrected chi connectivity index (χ2v) is 6.62. The van der Waals surface area contributed by atoms with Gasteiger partial charge in [-0.1, -0.05) is 12.5 Å². The lowest BCUT2D eigenvalue weighted by molar-refractivity contribution is -0.109. The number of rotatable bonds is 7. The van der Waals surface area contributed by atoms with E-state index in [4.69, 9.17) is 13.9 Å². The second-order valence-electron chi connectivity index (χ2n) is 6.62. The van der Waals surface area contributed by atoms with Crippen molar-refractivity contribution in [2.24, 2.45) is 5.92 Å². The van der Waals surface area contributed by atoms with Gasteiger partial charge in [0.25, 0.3) is 0 Å². The lowest BCUT2D eigenvalue weighted by Crippen LogP contribution is -2.23. The first-order valence-electron chi connectivity index (χ1n) is 8.85. The topological polar surface area (TPSA) is 61.6 Å². The van der Waals surface area contributed by atoms with Gasteiger partial charge in [-0.25, -0.2) is 4.98 Å². The van der Waals surface area contributed by atoms with Crippen molar-refractivity contribution in [2.75, 3.05) is 7.11 Å². The van der Waals surface area contributed by atoms with E-state index in [1.165, 1.54) is 0 Å². The summed E-state index contributed by atoms with van der Waals surface area (Å²) >= 11 is 0. The predicted molar refractivity (Wildman–Crippen MR) is 94.4 cm³/mol. The van der Waals surface area contributed by atoms with Crippen molar-refractivity contribution in [1.29, 1.82) is 0 Å². The fourth-order valence-corrected chi connectivity index (χ4v) is 3.38. The Morgan fingerprint density at radius 2 is 2.24 bits per heavy atom. The minimum absolute atomic E-state index is 0.204. The molecule has 0 spiro atoms. The summed E-state index contributed by atoms with van der Waals surface area (Å²) in [5.41, 5.74) is 1.72. The number of hydrogen-bond acceptors (Lipinski definition) is 5. The normalized spacial score (nSPS) is 20.4. The molecular weight excluding hydrogens is 318 g/mol. The van der Waals surface area contributed by atoms with E-state index in [0.29, 0.717) is 24.8 Å². The van der Waals surface area contributed by atoms with E-state index in [1.54, 1.807) is 7.11 Å². The van der Waals surface area contributed by atoms with Crippen LogP contribution in [0.25, 0.3) is 11.5 Å². The number of aldehydes is 1. The predicted octanol–water partition coefficient (Wildman–Crippen LogP) is 4.32. The standard InChI is InChI=1S/C20H25NO4/c1-14-19(13-24-18-8-3-5-15(11-18)9-10-22)21-20(25-14)16-6-4-7-17(12-16)23-2/h4,6-7,10,12,15,18H,3,5,8-9,11,13H2,1-2H3. The van der Waals surface area contributed by atoms with E-state index in [0.717, 1.165) is 54.7 Å². The zero-order valence-corrected chi connectivity index (χ0v) is 14.9. The maximum absolute atomic E-state index is 10.7. The number of aryl methyl sites for hydroxylation is 1. The van der Waals surface area contributed by atoms with E-state index in [-0.39, 0.29) is 6.10 Å². The van der Waals surface area contributed by atoms with Crippen LogP contribution in [-0.2, 0) is 16.1 Å². The molecule has 1 heterocycles. The van der Waals surface area contributed by atoms with Gasteiger partial charge in [0.2, 0.25) is 5.89 Å². The van der Waals surface area contributed by atoms with E-state index in [9.17, 15) is 4.79 Å². The summed E-state index contributed by atoms with van der Waals surface area (Å²) in [5, 5.41) is 0. The molecule has 1 aliphatic rings. The molecule has 1 saturated carbocycles. The van der Waals surface area contributed by atoms with E-state index >= 15 is 0 Å². The monoisotopic (exact) mass is 343 g/mol. The van der Waals surface area contributed by atoms with Gasteiger partial charge in [-0.3, -0.25) is 0 Å². The van der Waals surface area contributed by atoms with Crippen LogP contribution in [0.15, 0.2) is 28.7 Å². The van der Waals surface area contributed by atoms with Crippen LogP contribution < -0.4 is 4.74 Å². The molecule has 5 heteroatoms. The molecule has 0 saturated heterocycles. The smallest absolute Gasteiger partial charge is 0.226 e. The van der Waals surface area contributed by atoms with Crippen molar-refractivity contribution < 1.29 is 18.7 Å². The Bertz CT molecular complexity index is 709. The van der Waals surface area contributed by atoms with Crippen molar-refractivity contribution in [3.63, 3.8) is 0 Å². The molecule has 2 unspecified atom stereocenters. The van der Waals surface area contributed by atoms with Crippen molar-refractivity contribution in [1.82, 2.24) is 4.98 Å². The van der Waals surface area contributed by atoms with E-state index < -0.39 is 0 Å². The molecule has 3 rings (SSSR count). The molecule has 2 aromatic rings. The molecule has 1 fully saturated rings. The maximum atomic E-state index is 10.7. The zero-order chi connectivity index (χ0) is 17.6. The first-order valence-corrected chi connectivity index (χ1v) is 8.85. The Balaban J connectivity index is 1.63. The van der Waals surface area contributed by atoms with Crippen molar-refractivity contribution >= 4 is 6.29 Å². The summed E-state index contributed by atoms with van der Waals surface area (Å²) in [4.78, 5) is 15.3. The summed E-state index contributed by atoms with van der Waals surface area (Å²) in [7, 11) is 1.64. The highest BCUT2D eigenvalue weighted by Gasteiger charge is 2.23. The van der Waals surface area contributed by atoms with Gasteiger partial charge in [0.15, 0.2) is 0 Å². The molecule has 1 aromatic carbocycles. The number of carbonyl (C=O) groups excluding carboxylic acids is 1. The summed E-state index contributed by atoms with van der Waals surface area (Å²) in [5.74, 6) is 2.59. The molecule has 2 atom stereocenters. The molecule has 5 nitrogen and oxygen atoms in total. The highest BCUT2D eigenvalue weighted by atomic mass is 16.5. The maximum Gasteiger partial charge on any atom is 0.226 e. The number of oxazole rings is 1. The van der Waals surface area contributed by atoms with Gasteiger partial charge in [0.05, 0.1) is 19.8 Å². The lowest BCUT2D eigenvalue weighted by atomic mass is 9.85. The third-order valence-corrected chi connectivity index (χ3v) is 4.83. The molecule has 134 valence electrons. The van der Waals surface area contributed by atoms with Crippen LogP contribution in [0.2, 0.25) is 0 Å². The first kappa shape index (κ1) is 17.7. The Labute approximate surface area is 148 Å². The van der Waals surface area contributed by atoms with Crippen molar-refractivity contribution in [3.8, 4) is 17.2 Å². The molecule has 25 heavy (non-hydrogen) atoms. The number of aromatic nitrogens is 1. The van der Waals surface area contributed by atoms with Crippen LogP contribution in [-0.4, -0.2) is 24.5 Å². The van der Waals surface area contributed by atoms with Crippen molar-refractivity contribution in [2.45, 2.75) is 51.7 Å². The van der Waals surface area contributed by atoms with Crippen LogP contribution in [0.5, 0.6) is 5.75 Å². The Morgan fingerprint density at radius 3 is 3.04 bits per heavy atom. The van der Waals surface area contributed by atoms with Crippen LogP contribution >= 0.6 is 0 Å². The molecule has 0 aliphatic heterocycles. The highest BCUT2D eigenvalue weighted by molar-refractivity contribution is 5.56. The van der Waals surface area contributed by atoms with Gasteiger partial charge < -0.3 is 18.7 Å². The van der Waals surface area contributed by atoms with Gasteiger partial charge in [-0.05, 0) is 50.3 Å². The van der Waals surface area contributed by atoms with Gasteiger partial charge in [-0.15, -0.1) is 0 Å². The molecule has 1 aromatic heterocycles. The first-order chi connectivity index (χ1) is 12.2. The van der Waals surface area contributed by atoms with E-state index in [1.807, 2.05) is 31.2 Å². The number of carbonyl (C=O) groups is 1. The summed E-state index contributed by atoms with van der Waals surface area (Å²) in [6.45, 7) is 2.35. The number of hydrogen-bond donors (Lipinski definition) is 0. The Morgan fingerprint density at radius 1 is 1.36 bits per heavy atom. The highest BCUT2D eigenvalue weighted by Crippen LogP contribution is 2.30. The van der Waals surface area contributed by atoms with Gasteiger partial charge >= 0.3 is 0 Å². The summed E-state index contributed by atoms with van der Waals surface area (Å²) in [6.07, 6.45) is 6.12. The minimum atomic E-state index is 0.204. The number of benzene rings is 1. The molecule has 0 bridgehead atoms. The molecule has 0 radical (unpaired) electrons. The lowest BCUT2D eigenvalue weighted by Gasteiger charge is -2.27. The molecule has 1 aliphatic carbocycles. The summed E-state index contributed by atoms with van der Waals surface area (Å²) in [6, 6.07) is 7.66. The third-order valence-electron chi connectivity index (χ3n) is 4.83. The Hall–Kier alpha value is -2.14. The van der Waals surface area contributed by atoms with Crippen LogP contribution in [0, 0.1) is 12.8 Å². The van der Waals surface area contributed by atoms with Crippen molar-refractivity contribution in [3.05, 3.63) is 35.7 Å². The summed E-state index contributed by atoms with van der Waals surface area (Å²) < 4.78 is 17.1. The largest absolute Gasteiger partial charge is 0.497 e. The average molecular weight is 343 g/mol. The fraction of sp³-hybridized carbons (Fsp3) is 0.500. The van der Waals surface area contributed by atoms with Gasteiger partial charge in [0, 0.05) is 12.0 Å². The number of ether oxygens (including phenoxy) is 2. The van der Waals surface area contributed by atoms with Gasteiger partial charge in [0.1, 0.15) is 23.5 Å². The molecular formula is C20H25NO4. The number of methoxy groups -OCH3 is 1. The van der Waals surface area contributed by atoms with Crippen LogP contribution in [0.3, 0.4) is 0 Å². The van der Waals surface area contributed by atoms with Gasteiger partial charge in [-0.2, -0.15) is 0 Å². The van der Waals surface area contributed by atoms with E-state index in [2.05, 4.69) is 4.98 Å². The zero-order valence-electron chi connectivity index (χ0n) is 14.9. The Kier molecular flexibility index (Phi) is 5.87. The third kappa shape index (κ3) is 4.48. The molecule has 0 amide bonds.